The molecule has 133 heavy (non-hydrogen) atoms. The number of aromatic nitrogens is 8. The second-order valence-corrected chi connectivity index (χ2v) is 33.2. The summed E-state index contributed by atoms with van der Waals surface area (Å²) >= 11 is 0. The van der Waals surface area contributed by atoms with E-state index < -0.39 is 70.9 Å². The highest BCUT2D eigenvalue weighted by molar-refractivity contribution is 6.06. The van der Waals surface area contributed by atoms with Crippen LogP contribution < -0.4 is 67.1 Å². The third-order valence-electron chi connectivity index (χ3n) is 23.8. The lowest BCUT2D eigenvalue weighted by Gasteiger charge is -2.32. The number of primary amides is 4. The van der Waals surface area contributed by atoms with Crippen molar-refractivity contribution in [2.75, 3.05) is 49.4 Å². The van der Waals surface area contributed by atoms with Crippen LogP contribution in [0.4, 0.5) is 45.2 Å². The van der Waals surface area contributed by atoms with Crippen molar-refractivity contribution in [1.82, 2.24) is 60.4 Å². The number of halogens is 5. The molecule has 1 aliphatic carbocycles. The Morgan fingerprint density at radius 2 is 0.729 bits per heavy atom. The van der Waals surface area contributed by atoms with Gasteiger partial charge < -0.3 is 81.3 Å². The number of carbonyl (C=O) groups excluding carboxylic acids is 8. The number of hydrogen-bond donors (Lipinski definition) is 12. The van der Waals surface area contributed by atoms with Gasteiger partial charge in [-0.3, -0.25) is 38.4 Å². The normalized spacial score (nSPS) is 17.0. The van der Waals surface area contributed by atoms with E-state index in [0.717, 1.165) is 59.2 Å². The molecule has 8 amide bonds. The molecule has 1 saturated carbocycles. The molecule has 4 fully saturated rings. The highest BCUT2D eigenvalue weighted by Crippen LogP contribution is 2.41. The Kier molecular flexibility index (Phi) is 30.4. The van der Waals surface area contributed by atoms with Crippen LogP contribution in [-0.4, -0.2) is 131 Å². The van der Waals surface area contributed by atoms with Gasteiger partial charge >= 0.3 is 0 Å². The number of rotatable bonds is 24. The zero-order valence-electron chi connectivity index (χ0n) is 74.1. The number of nitrogens with two attached hydrogens (primary N) is 8. The van der Waals surface area contributed by atoms with E-state index in [4.69, 9.17) is 65.2 Å². The van der Waals surface area contributed by atoms with Gasteiger partial charge in [0.05, 0.1) is 43.0 Å². The SMILES string of the molecule is Cc1ccc(F)cc1C(=O)NCc1ccc(-c2nn(C3CCOC3)c(N)c2C(N)=O)c(F)c1.Cc1ccc(F)cc1C(=O)NCc1ccc(-c2nn(C3CCOCC3)c(N)c2C(N)=O)c(F)c1.Cc1ccccc1C(=O)NCc1ccc(-c2nn(C3CC(C)OC(C)C3)c(N)c2C(N)=O)cc1.Cc1ccccc1C(=O)NCc1ccc(-c2nn(C3CCCC3F)c(N)c2C(N)=O)cc1. The molecule has 0 bridgehead atoms. The van der Waals surface area contributed by atoms with Crippen LogP contribution in [0, 0.1) is 51.0 Å². The smallest absolute Gasteiger partial charge is 0.254 e. The van der Waals surface area contributed by atoms with E-state index in [9.17, 15) is 51.5 Å². The van der Waals surface area contributed by atoms with Crippen molar-refractivity contribution in [2.24, 2.45) is 22.9 Å². The lowest BCUT2D eigenvalue weighted by atomic mass is 10.00. The van der Waals surface area contributed by atoms with Crippen LogP contribution in [0.25, 0.3) is 45.0 Å². The molecular weight excluding hydrogens is 1720 g/mol. The number of nitrogens with zero attached hydrogens (tertiary/aromatic N) is 8. The van der Waals surface area contributed by atoms with Crippen molar-refractivity contribution in [3.05, 3.63) is 282 Å². The summed E-state index contributed by atoms with van der Waals surface area (Å²) in [5, 5.41) is 29.1. The summed E-state index contributed by atoms with van der Waals surface area (Å²) in [6, 6.07) is 45.4. The van der Waals surface area contributed by atoms with Crippen molar-refractivity contribution in [1.29, 1.82) is 0 Å². The van der Waals surface area contributed by atoms with Crippen LogP contribution in [0.3, 0.4) is 0 Å². The number of carbonyl (C=O) groups is 8. The summed E-state index contributed by atoms with van der Waals surface area (Å²) in [5.74, 6) is -5.94. The maximum Gasteiger partial charge on any atom is 0.254 e. The van der Waals surface area contributed by atoms with Crippen LogP contribution in [0.1, 0.15) is 217 Å². The number of aryl methyl sites for hydroxylation is 4. The average molecular weight is 1820 g/mol. The second kappa shape index (κ2) is 42.3. The van der Waals surface area contributed by atoms with E-state index in [2.05, 4.69) is 36.6 Å². The monoisotopic (exact) mass is 1820 g/mol. The zero-order valence-corrected chi connectivity index (χ0v) is 74.1. The topological polar surface area (TPSA) is 492 Å². The molecule has 16 rings (SSSR count). The largest absolute Gasteiger partial charge is 0.383 e. The molecule has 5 unspecified atom stereocenters. The Morgan fingerprint density at radius 1 is 0.383 bits per heavy atom. The minimum atomic E-state index is -1.05. The highest BCUT2D eigenvalue weighted by atomic mass is 19.1. The van der Waals surface area contributed by atoms with Gasteiger partial charge in [-0.15, -0.1) is 0 Å². The zero-order chi connectivity index (χ0) is 95.3. The lowest BCUT2D eigenvalue weighted by Crippen LogP contribution is -2.32. The van der Waals surface area contributed by atoms with Gasteiger partial charge in [0.2, 0.25) is 0 Å². The summed E-state index contributed by atoms with van der Waals surface area (Å²) in [7, 11) is 0. The molecule has 8 aromatic carbocycles. The molecule has 31 nitrogen and oxygen atoms in total. The lowest BCUT2D eigenvalue weighted by molar-refractivity contribution is -0.0502. The van der Waals surface area contributed by atoms with Gasteiger partial charge in [0.1, 0.15) is 97.7 Å². The first-order valence-corrected chi connectivity index (χ1v) is 43.3. The molecule has 5 atom stereocenters. The molecule has 7 heterocycles. The molecule has 694 valence electrons. The summed E-state index contributed by atoms with van der Waals surface area (Å²) < 4.78 is 94.0. The fourth-order valence-electron chi connectivity index (χ4n) is 16.7. The number of anilines is 4. The number of ether oxygens (including phenoxy) is 3. The third kappa shape index (κ3) is 22.2. The van der Waals surface area contributed by atoms with E-state index >= 15 is 8.78 Å². The number of hydrogen-bond acceptors (Lipinski definition) is 19. The predicted octanol–water partition coefficient (Wildman–Crippen LogP) is 12.9. The first kappa shape index (κ1) is 95.7. The number of nitrogen functional groups attached to an aromatic ring is 4. The molecule has 36 heteroatoms. The Hall–Kier alpha value is -14.9. The van der Waals surface area contributed by atoms with E-state index in [-0.39, 0.29) is 134 Å². The minimum Gasteiger partial charge on any atom is -0.383 e. The van der Waals surface area contributed by atoms with Gasteiger partial charge in [0.15, 0.2) is 0 Å². The predicted molar refractivity (Wildman–Crippen MR) is 491 cm³/mol. The second-order valence-electron chi connectivity index (χ2n) is 33.2. The summed E-state index contributed by atoms with van der Waals surface area (Å²) in [5.41, 5.74) is 57.3. The fourth-order valence-corrected chi connectivity index (χ4v) is 16.7. The van der Waals surface area contributed by atoms with Gasteiger partial charge in [-0.1, -0.05) is 109 Å². The van der Waals surface area contributed by atoms with Gasteiger partial charge in [0, 0.05) is 90.5 Å². The highest BCUT2D eigenvalue weighted by Gasteiger charge is 2.37. The van der Waals surface area contributed by atoms with Crippen molar-refractivity contribution in [3.63, 3.8) is 0 Å². The van der Waals surface area contributed by atoms with Crippen LogP contribution in [0.5, 0.6) is 0 Å². The van der Waals surface area contributed by atoms with Crippen molar-refractivity contribution in [3.8, 4) is 45.0 Å². The number of benzene rings is 8. The Labute approximate surface area is 762 Å². The summed E-state index contributed by atoms with van der Waals surface area (Å²) in [6.45, 7) is 14.0. The average Bonchev–Trinajstić information content (AvgIpc) is 1.64. The van der Waals surface area contributed by atoms with Crippen LogP contribution >= 0.6 is 0 Å². The maximum absolute atomic E-state index is 15.1. The maximum atomic E-state index is 15.1. The van der Waals surface area contributed by atoms with Gasteiger partial charge in [0.25, 0.3) is 47.3 Å². The number of nitrogens with one attached hydrogen (secondary N) is 4. The molecule has 3 saturated heterocycles. The van der Waals surface area contributed by atoms with Crippen LogP contribution in [-0.2, 0) is 40.4 Å². The van der Waals surface area contributed by atoms with Gasteiger partial charge in [-0.05, 0) is 198 Å². The Morgan fingerprint density at radius 3 is 1.12 bits per heavy atom. The quantitative estimate of drug-likeness (QED) is 0.0250. The molecule has 3 aliphatic heterocycles. The third-order valence-corrected chi connectivity index (χ3v) is 23.8. The van der Waals surface area contributed by atoms with E-state index in [0.29, 0.717) is 122 Å². The number of amides is 8. The number of alkyl halides is 1. The fraction of sp³-hybridized carbons (Fsp3) is 0.299. The first-order chi connectivity index (χ1) is 63.6. The standard InChI is InChI=1S/C26H31N5O3.C24H25F2N5O3.C24H26FN5O2.C23H23F2N5O3/c1-15-6-4-5-7-21(15)26(33)29-14-18-8-10-19(11-9-18)23-22(25(28)32)24(27)31(30-23)20-12-16(2)34-17(3)13-20;1-13-2-4-15(25)11-18(13)24(33)29-12-14-3-5-17(19(26)10-14)21-20(23(28)32)22(27)31(30-21)16-6-8-34-9-7-16;1-14-5-2-3-6-17(14)24(32)28-13-15-9-11-16(12-10-15)21-20(23(27)31)22(26)30(29-21)19-8-4-7-18(19)25;1-12-2-4-14(24)9-17(12)23(32)28-10-13-3-5-16(18(25)8-13)20-19(22(27)31)21(26)30(29-20)15-6-7-33-11-15/h4-11,16-17,20H,12-14,27H2,1-3H3,(H2,28,32)(H,29,33);2-5,10-11,16H,6-9,12,27H2,1H3,(H2,28,32)(H,29,33);2-3,5-6,9-12,18-19H,4,7-8,13,26H2,1H3,(H2,27,31)(H,28,32);2-5,8-9,15H,6-7,10-11,26H2,1H3,(H2,27,31)(H,28,32). The molecule has 20 N–H and O–H groups in total. The van der Waals surface area contributed by atoms with E-state index in [1.165, 1.54) is 62.6 Å². The first-order valence-electron chi connectivity index (χ1n) is 43.3. The molecule has 0 spiro atoms. The van der Waals surface area contributed by atoms with Crippen molar-refractivity contribution >= 4 is 70.5 Å². The molecule has 4 aromatic heterocycles. The van der Waals surface area contributed by atoms with E-state index in [1.54, 1.807) is 54.9 Å². The van der Waals surface area contributed by atoms with Gasteiger partial charge in [-0.25, -0.2) is 40.7 Å². The Balaban J connectivity index is 0.000000151. The van der Waals surface area contributed by atoms with Gasteiger partial charge in [-0.2, -0.15) is 20.4 Å². The molecule has 4 aliphatic rings. The summed E-state index contributed by atoms with van der Waals surface area (Å²) in [4.78, 5) is 98.2. The Bertz CT molecular complexity index is 6350. The van der Waals surface area contributed by atoms with Crippen molar-refractivity contribution in [2.45, 2.75) is 162 Å². The molecular formula is C97H105F5N20O11. The minimum absolute atomic E-state index is 0.0185. The molecule has 0 radical (unpaired) electrons. The van der Waals surface area contributed by atoms with E-state index in [1.807, 2.05) is 100 Å². The van der Waals surface area contributed by atoms with Crippen LogP contribution in [0.2, 0.25) is 0 Å². The summed E-state index contributed by atoms with van der Waals surface area (Å²) in [6.07, 6.45) is 4.42. The van der Waals surface area contributed by atoms with Crippen LogP contribution in [0.15, 0.2) is 170 Å². The molecule has 12 aromatic rings. The van der Waals surface area contributed by atoms with Crippen molar-refractivity contribution < 1.29 is 74.5 Å².